The lowest BCUT2D eigenvalue weighted by atomic mass is 10.1. The second-order valence-corrected chi connectivity index (χ2v) is 6.70. The Morgan fingerprint density at radius 2 is 2.19 bits per heavy atom. The number of nitrogens with two attached hydrogens (primary N) is 2. The van der Waals surface area contributed by atoms with Crippen molar-refractivity contribution in [2.75, 3.05) is 25.5 Å². The average Bonchev–Trinajstić information content (AvgIpc) is 2.84. The number of carbonyl (C=O) groups is 1. The van der Waals surface area contributed by atoms with Crippen LogP contribution in [0.25, 0.3) is 0 Å². The molecule has 1 aromatic carbocycles. The van der Waals surface area contributed by atoms with E-state index in [0.29, 0.717) is 13.0 Å². The van der Waals surface area contributed by atoms with Crippen molar-refractivity contribution in [3.63, 3.8) is 0 Å². The van der Waals surface area contributed by atoms with E-state index in [0.717, 1.165) is 0 Å². The summed E-state index contributed by atoms with van der Waals surface area (Å²) in [6.45, 7) is 0.283. The largest absolute Gasteiger partial charge is 0.398 e. The van der Waals surface area contributed by atoms with Crippen LogP contribution in [0.1, 0.15) is 16.8 Å². The molecule has 1 unspecified atom stereocenters. The molecular weight excluding hydrogens is 298 g/mol. The molecule has 6 N–H and O–H groups in total. The highest BCUT2D eigenvalue weighted by atomic mass is 32.2. The van der Waals surface area contributed by atoms with Gasteiger partial charge in [-0.1, -0.05) is 0 Å². The summed E-state index contributed by atoms with van der Waals surface area (Å²) < 4.78 is 31.7. The van der Waals surface area contributed by atoms with Crippen LogP contribution in [0.3, 0.4) is 0 Å². The highest BCUT2D eigenvalue weighted by Crippen LogP contribution is 2.22. The van der Waals surface area contributed by atoms with Crippen LogP contribution in [0, 0.1) is 0 Å². The van der Waals surface area contributed by atoms with E-state index in [4.69, 9.17) is 16.2 Å². The number of aliphatic hydroxyl groups is 1. The summed E-state index contributed by atoms with van der Waals surface area (Å²) in [4.78, 5) is 10.8. The molecule has 1 amide bonds. The molecule has 8 nitrogen and oxygen atoms in total. The first kappa shape index (κ1) is 15.7. The maximum atomic E-state index is 12.2. The van der Waals surface area contributed by atoms with Crippen LogP contribution in [0.5, 0.6) is 0 Å². The first-order valence-electron chi connectivity index (χ1n) is 6.23. The summed E-state index contributed by atoms with van der Waals surface area (Å²) in [6.07, 6.45) is 0.353. The highest BCUT2D eigenvalue weighted by Gasteiger charge is 2.34. The Morgan fingerprint density at radius 3 is 2.71 bits per heavy atom. The fourth-order valence-corrected chi connectivity index (χ4v) is 3.22. The second-order valence-electron chi connectivity index (χ2n) is 4.97. The van der Waals surface area contributed by atoms with Crippen molar-refractivity contribution >= 4 is 21.6 Å². The van der Waals surface area contributed by atoms with Gasteiger partial charge in [-0.3, -0.25) is 4.79 Å². The molecule has 1 fully saturated rings. The predicted octanol–water partition coefficient (Wildman–Crippen LogP) is -1.20. The Kier molecular flexibility index (Phi) is 4.19. The monoisotopic (exact) mass is 315 g/mol. The van der Waals surface area contributed by atoms with E-state index in [9.17, 15) is 18.3 Å². The van der Waals surface area contributed by atoms with Gasteiger partial charge in [-0.2, -0.15) is 0 Å². The van der Waals surface area contributed by atoms with Crippen molar-refractivity contribution in [1.82, 2.24) is 4.72 Å². The van der Waals surface area contributed by atoms with Crippen LogP contribution in [0.15, 0.2) is 23.1 Å². The first-order valence-corrected chi connectivity index (χ1v) is 7.71. The summed E-state index contributed by atoms with van der Waals surface area (Å²) in [5.41, 5.74) is 9.56. The van der Waals surface area contributed by atoms with E-state index < -0.39 is 21.5 Å². The van der Waals surface area contributed by atoms with Gasteiger partial charge in [0, 0.05) is 25.1 Å². The van der Waals surface area contributed by atoms with Crippen molar-refractivity contribution in [2.24, 2.45) is 5.73 Å². The van der Waals surface area contributed by atoms with Gasteiger partial charge in [-0.15, -0.1) is 0 Å². The summed E-state index contributed by atoms with van der Waals surface area (Å²) in [5.74, 6) is -0.698. The van der Waals surface area contributed by atoms with Gasteiger partial charge in [0.2, 0.25) is 15.9 Å². The molecule has 0 saturated carbocycles. The molecule has 1 aliphatic rings. The van der Waals surface area contributed by atoms with Gasteiger partial charge in [-0.25, -0.2) is 13.1 Å². The van der Waals surface area contributed by atoms with Crippen LogP contribution in [-0.2, 0) is 14.8 Å². The first-order chi connectivity index (χ1) is 9.73. The zero-order chi connectivity index (χ0) is 15.7. The normalized spacial score (nSPS) is 22.3. The Balaban J connectivity index is 2.17. The Hall–Kier alpha value is -1.68. The molecule has 1 heterocycles. The van der Waals surface area contributed by atoms with E-state index in [1.54, 1.807) is 0 Å². The molecule has 0 radical (unpaired) electrons. The van der Waals surface area contributed by atoms with Gasteiger partial charge < -0.3 is 21.3 Å². The number of carbonyl (C=O) groups excluding carboxylic acids is 1. The number of sulfonamides is 1. The van der Waals surface area contributed by atoms with Crippen LogP contribution in [0.4, 0.5) is 5.69 Å². The van der Waals surface area contributed by atoms with E-state index >= 15 is 0 Å². The maximum absolute atomic E-state index is 12.2. The number of primary amides is 1. The quantitative estimate of drug-likeness (QED) is 0.502. The molecule has 0 spiro atoms. The molecule has 0 aromatic heterocycles. The molecular formula is C12H17N3O5S. The van der Waals surface area contributed by atoms with Gasteiger partial charge in [0.1, 0.15) is 10.5 Å². The minimum atomic E-state index is -3.90. The maximum Gasteiger partial charge on any atom is 0.248 e. The smallest absolute Gasteiger partial charge is 0.248 e. The number of ether oxygens (including phenoxy) is 1. The number of nitrogen functional groups attached to an aromatic ring is 1. The number of hydrogen-bond acceptors (Lipinski definition) is 6. The topological polar surface area (TPSA) is 145 Å². The third kappa shape index (κ3) is 3.50. The van der Waals surface area contributed by atoms with Crippen molar-refractivity contribution in [1.29, 1.82) is 0 Å². The van der Waals surface area contributed by atoms with Crippen LogP contribution < -0.4 is 16.2 Å². The lowest BCUT2D eigenvalue weighted by Crippen LogP contribution is -2.43. The summed E-state index contributed by atoms with van der Waals surface area (Å²) in [6, 6.07) is 3.68. The molecule has 1 aromatic rings. The van der Waals surface area contributed by atoms with E-state index in [1.807, 2.05) is 0 Å². The summed E-state index contributed by atoms with van der Waals surface area (Å²) in [5, 5.41) is 10.0. The van der Waals surface area contributed by atoms with E-state index in [1.165, 1.54) is 18.2 Å². The Morgan fingerprint density at radius 1 is 1.48 bits per heavy atom. The highest BCUT2D eigenvalue weighted by molar-refractivity contribution is 7.89. The third-order valence-corrected chi connectivity index (χ3v) is 4.73. The Bertz CT molecular complexity index is 653. The zero-order valence-electron chi connectivity index (χ0n) is 11.2. The Labute approximate surface area is 122 Å². The van der Waals surface area contributed by atoms with Crippen molar-refractivity contribution < 1.29 is 23.1 Å². The predicted molar refractivity (Wildman–Crippen MR) is 74.9 cm³/mol. The van der Waals surface area contributed by atoms with Crippen molar-refractivity contribution in [3.8, 4) is 0 Å². The fourth-order valence-electron chi connectivity index (χ4n) is 1.99. The molecule has 116 valence electrons. The van der Waals surface area contributed by atoms with Gasteiger partial charge in [-0.05, 0) is 18.2 Å². The lowest BCUT2D eigenvalue weighted by Gasteiger charge is -2.21. The third-order valence-electron chi connectivity index (χ3n) is 3.26. The van der Waals surface area contributed by atoms with Gasteiger partial charge in [0.05, 0.1) is 12.3 Å². The van der Waals surface area contributed by atoms with Gasteiger partial charge >= 0.3 is 0 Å². The number of benzene rings is 1. The van der Waals surface area contributed by atoms with Crippen molar-refractivity contribution in [2.45, 2.75) is 16.9 Å². The summed E-state index contributed by atoms with van der Waals surface area (Å²) in [7, 11) is -3.90. The number of amides is 1. The number of rotatable bonds is 5. The SMILES string of the molecule is NC(=O)c1ccc(S(=O)(=O)NCC2(O)CCOC2)c(N)c1. The number of anilines is 1. The average molecular weight is 315 g/mol. The minimum absolute atomic E-state index is 0.0750. The number of nitrogens with one attached hydrogen (secondary N) is 1. The molecule has 0 aliphatic carbocycles. The van der Waals surface area contributed by atoms with Gasteiger partial charge in [0.15, 0.2) is 0 Å². The molecule has 1 atom stereocenters. The molecule has 2 rings (SSSR count). The van der Waals surface area contributed by atoms with Gasteiger partial charge in [0.25, 0.3) is 0 Å². The van der Waals surface area contributed by atoms with E-state index in [-0.39, 0.29) is 29.3 Å². The van der Waals surface area contributed by atoms with E-state index in [2.05, 4.69) is 4.72 Å². The minimum Gasteiger partial charge on any atom is -0.398 e. The molecule has 1 aliphatic heterocycles. The molecule has 9 heteroatoms. The lowest BCUT2D eigenvalue weighted by molar-refractivity contribution is 0.0314. The van der Waals surface area contributed by atoms with Crippen LogP contribution in [0.2, 0.25) is 0 Å². The summed E-state index contributed by atoms with van der Waals surface area (Å²) >= 11 is 0. The van der Waals surface area contributed by atoms with Crippen molar-refractivity contribution in [3.05, 3.63) is 23.8 Å². The second kappa shape index (κ2) is 5.60. The van der Waals surface area contributed by atoms with Crippen LogP contribution >= 0.6 is 0 Å². The molecule has 1 saturated heterocycles. The number of hydrogen-bond donors (Lipinski definition) is 4. The zero-order valence-corrected chi connectivity index (χ0v) is 12.0. The molecule has 21 heavy (non-hydrogen) atoms. The van der Waals surface area contributed by atoms with Crippen LogP contribution in [-0.4, -0.2) is 44.8 Å². The fraction of sp³-hybridized carbons (Fsp3) is 0.417. The standard InChI is InChI=1S/C12H17N3O5S/c13-9-5-8(11(14)16)1-2-10(9)21(18,19)15-6-12(17)3-4-20-7-12/h1-2,5,15,17H,3-4,6-7,13H2,(H2,14,16). The molecule has 0 bridgehead atoms.